The van der Waals surface area contributed by atoms with Crippen LogP contribution < -0.4 is 0 Å². The third-order valence-corrected chi connectivity index (χ3v) is 4.90. The van der Waals surface area contributed by atoms with Crippen LogP contribution >= 0.6 is 11.3 Å². The SMILES string of the molecule is CCC1CCC(C(O)Cc2cccs2)CC1. The maximum atomic E-state index is 10.2. The summed E-state index contributed by atoms with van der Waals surface area (Å²) in [6, 6.07) is 4.20. The molecule has 0 bridgehead atoms. The molecule has 0 spiro atoms. The second-order valence-corrected chi connectivity index (χ2v) is 6.07. The van der Waals surface area contributed by atoms with Crippen molar-refractivity contribution < 1.29 is 5.11 Å². The Morgan fingerprint density at radius 3 is 2.69 bits per heavy atom. The molecule has 1 saturated carbocycles. The fourth-order valence-electron chi connectivity index (χ4n) is 2.78. The van der Waals surface area contributed by atoms with Crippen LogP contribution in [0.4, 0.5) is 0 Å². The molecule has 1 N–H and O–H groups in total. The van der Waals surface area contributed by atoms with Gasteiger partial charge in [0.25, 0.3) is 0 Å². The predicted octanol–water partition coefficient (Wildman–Crippen LogP) is 3.87. The molecule has 0 aliphatic heterocycles. The van der Waals surface area contributed by atoms with Crippen molar-refractivity contribution in [1.82, 2.24) is 0 Å². The predicted molar refractivity (Wildman–Crippen MR) is 69.8 cm³/mol. The first-order chi connectivity index (χ1) is 7.79. The average molecular weight is 238 g/mol. The lowest BCUT2D eigenvalue weighted by molar-refractivity contribution is 0.0741. The quantitative estimate of drug-likeness (QED) is 0.844. The molecule has 16 heavy (non-hydrogen) atoms. The van der Waals surface area contributed by atoms with Crippen molar-refractivity contribution in [3.63, 3.8) is 0 Å². The van der Waals surface area contributed by atoms with Gasteiger partial charge in [-0.1, -0.05) is 32.3 Å². The topological polar surface area (TPSA) is 20.2 Å². The summed E-state index contributed by atoms with van der Waals surface area (Å²) >= 11 is 1.76. The Balaban J connectivity index is 1.80. The van der Waals surface area contributed by atoms with Crippen molar-refractivity contribution in [1.29, 1.82) is 0 Å². The lowest BCUT2D eigenvalue weighted by Crippen LogP contribution is -2.27. The second-order valence-electron chi connectivity index (χ2n) is 5.04. The van der Waals surface area contributed by atoms with Gasteiger partial charge in [-0.2, -0.15) is 0 Å². The van der Waals surface area contributed by atoms with Crippen LogP contribution in [0.2, 0.25) is 0 Å². The number of rotatable bonds is 4. The van der Waals surface area contributed by atoms with Crippen LogP contribution in [0.3, 0.4) is 0 Å². The molecule has 1 aromatic rings. The van der Waals surface area contributed by atoms with E-state index in [9.17, 15) is 5.11 Å². The summed E-state index contributed by atoms with van der Waals surface area (Å²) in [5.74, 6) is 1.47. The Kier molecular flexibility index (Phi) is 4.42. The van der Waals surface area contributed by atoms with Crippen LogP contribution in [-0.4, -0.2) is 11.2 Å². The number of hydrogen-bond donors (Lipinski definition) is 1. The van der Waals surface area contributed by atoms with Crippen molar-refractivity contribution >= 4 is 11.3 Å². The van der Waals surface area contributed by atoms with Gasteiger partial charge < -0.3 is 5.11 Å². The minimum atomic E-state index is -0.114. The molecule has 0 amide bonds. The van der Waals surface area contributed by atoms with E-state index in [1.165, 1.54) is 37.0 Å². The second kappa shape index (κ2) is 5.83. The molecule has 1 heterocycles. The molecule has 1 aromatic heterocycles. The Morgan fingerprint density at radius 2 is 2.12 bits per heavy atom. The van der Waals surface area contributed by atoms with Crippen molar-refractivity contribution in [3.05, 3.63) is 22.4 Å². The van der Waals surface area contributed by atoms with Gasteiger partial charge in [0.2, 0.25) is 0 Å². The molecule has 1 unspecified atom stereocenters. The summed E-state index contributed by atoms with van der Waals surface area (Å²) in [4.78, 5) is 1.32. The zero-order chi connectivity index (χ0) is 11.4. The Labute approximate surface area is 103 Å². The first-order valence-electron chi connectivity index (χ1n) is 6.50. The highest BCUT2D eigenvalue weighted by molar-refractivity contribution is 7.09. The molecule has 1 aliphatic rings. The van der Waals surface area contributed by atoms with Crippen LogP contribution in [0.1, 0.15) is 43.9 Å². The fraction of sp³-hybridized carbons (Fsp3) is 0.714. The average Bonchev–Trinajstić information content (AvgIpc) is 2.82. The standard InChI is InChI=1S/C14H22OS/c1-2-11-5-7-12(8-6-11)14(15)10-13-4-3-9-16-13/h3-4,9,11-12,14-15H,2,5-8,10H2,1H3. The molecule has 1 fully saturated rings. The van der Waals surface area contributed by atoms with E-state index < -0.39 is 0 Å². The van der Waals surface area contributed by atoms with Gasteiger partial charge in [-0.25, -0.2) is 0 Å². The highest BCUT2D eigenvalue weighted by Gasteiger charge is 2.25. The number of aliphatic hydroxyl groups excluding tert-OH is 1. The van der Waals surface area contributed by atoms with Gasteiger partial charge in [-0.15, -0.1) is 11.3 Å². The van der Waals surface area contributed by atoms with Gasteiger partial charge in [0, 0.05) is 11.3 Å². The monoisotopic (exact) mass is 238 g/mol. The Bertz CT molecular complexity index is 286. The molecule has 0 radical (unpaired) electrons. The Morgan fingerprint density at radius 1 is 1.38 bits per heavy atom. The van der Waals surface area contributed by atoms with Crippen molar-refractivity contribution in [2.24, 2.45) is 11.8 Å². The molecule has 1 nitrogen and oxygen atoms in total. The third kappa shape index (κ3) is 3.08. The van der Waals surface area contributed by atoms with E-state index in [4.69, 9.17) is 0 Å². The minimum absolute atomic E-state index is 0.114. The minimum Gasteiger partial charge on any atom is -0.392 e. The van der Waals surface area contributed by atoms with E-state index in [-0.39, 0.29) is 6.10 Å². The van der Waals surface area contributed by atoms with E-state index in [0.717, 1.165) is 12.3 Å². The summed E-state index contributed by atoms with van der Waals surface area (Å²) in [7, 11) is 0. The molecule has 90 valence electrons. The highest BCUT2D eigenvalue weighted by Crippen LogP contribution is 2.33. The maximum Gasteiger partial charge on any atom is 0.0616 e. The molecule has 2 heteroatoms. The van der Waals surface area contributed by atoms with Gasteiger partial charge in [-0.05, 0) is 36.1 Å². The van der Waals surface area contributed by atoms with Crippen LogP contribution in [0, 0.1) is 11.8 Å². The summed E-state index contributed by atoms with van der Waals surface area (Å²) in [5, 5.41) is 12.3. The molecule has 2 rings (SSSR count). The van der Waals surface area contributed by atoms with Gasteiger partial charge in [0.05, 0.1) is 6.10 Å². The molecular weight excluding hydrogens is 216 g/mol. The smallest absolute Gasteiger partial charge is 0.0616 e. The van der Waals surface area contributed by atoms with Crippen LogP contribution in [0.5, 0.6) is 0 Å². The molecule has 0 saturated heterocycles. The molecule has 0 aromatic carbocycles. The summed E-state index contributed by atoms with van der Waals surface area (Å²) in [5.41, 5.74) is 0. The summed E-state index contributed by atoms with van der Waals surface area (Å²) in [6.07, 6.45) is 7.16. The largest absolute Gasteiger partial charge is 0.392 e. The fourth-order valence-corrected chi connectivity index (χ4v) is 3.54. The first-order valence-corrected chi connectivity index (χ1v) is 7.38. The van der Waals surface area contributed by atoms with Gasteiger partial charge in [0.15, 0.2) is 0 Å². The zero-order valence-electron chi connectivity index (χ0n) is 10.1. The van der Waals surface area contributed by atoms with Gasteiger partial charge in [-0.3, -0.25) is 0 Å². The van der Waals surface area contributed by atoms with E-state index >= 15 is 0 Å². The number of aliphatic hydroxyl groups is 1. The molecule has 1 atom stereocenters. The highest BCUT2D eigenvalue weighted by atomic mass is 32.1. The molecule has 1 aliphatic carbocycles. The number of hydrogen-bond acceptors (Lipinski definition) is 2. The van der Waals surface area contributed by atoms with Crippen molar-refractivity contribution in [3.8, 4) is 0 Å². The van der Waals surface area contributed by atoms with Crippen LogP contribution in [0.15, 0.2) is 17.5 Å². The number of thiophene rings is 1. The van der Waals surface area contributed by atoms with E-state index in [1.54, 1.807) is 11.3 Å². The lowest BCUT2D eigenvalue weighted by Gasteiger charge is -2.30. The van der Waals surface area contributed by atoms with E-state index in [2.05, 4.69) is 24.4 Å². The van der Waals surface area contributed by atoms with E-state index in [1.807, 2.05) is 0 Å². The maximum absolute atomic E-state index is 10.2. The van der Waals surface area contributed by atoms with Crippen LogP contribution in [-0.2, 0) is 6.42 Å². The van der Waals surface area contributed by atoms with Gasteiger partial charge in [0.1, 0.15) is 0 Å². The third-order valence-electron chi connectivity index (χ3n) is 4.00. The Hall–Kier alpha value is -0.340. The van der Waals surface area contributed by atoms with Crippen molar-refractivity contribution in [2.75, 3.05) is 0 Å². The normalized spacial score (nSPS) is 27.9. The first kappa shape index (κ1) is 12.1. The van der Waals surface area contributed by atoms with Crippen LogP contribution in [0.25, 0.3) is 0 Å². The summed E-state index contributed by atoms with van der Waals surface area (Å²) in [6.45, 7) is 2.28. The van der Waals surface area contributed by atoms with Gasteiger partial charge >= 0.3 is 0 Å². The summed E-state index contributed by atoms with van der Waals surface area (Å²) < 4.78 is 0. The van der Waals surface area contributed by atoms with Crippen molar-refractivity contribution in [2.45, 2.75) is 51.6 Å². The van der Waals surface area contributed by atoms with E-state index in [0.29, 0.717) is 5.92 Å². The lowest BCUT2D eigenvalue weighted by atomic mass is 9.78. The zero-order valence-corrected chi connectivity index (χ0v) is 10.9. The molecular formula is C14H22OS.